The number of piperidine rings is 1. The van der Waals surface area contributed by atoms with Gasteiger partial charge in [-0.3, -0.25) is 9.78 Å². The van der Waals surface area contributed by atoms with Gasteiger partial charge >= 0.3 is 0 Å². The van der Waals surface area contributed by atoms with E-state index in [0.717, 1.165) is 23.1 Å². The van der Waals surface area contributed by atoms with E-state index in [9.17, 15) is 13.2 Å². The lowest BCUT2D eigenvalue weighted by Gasteiger charge is -2.32. The standard InChI is InChI=1S/C14H16N2O3S2/c1-10(17)13-4-2-3-6-16(13)21(18,19)11-8-14-12(15-9-11)5-7-20-14/h5,7-9,13H,2-4,6H2,1H3/t13-/m1/s1. The minimum absolute atomic E-state index is 0.0940. The van der Waals surface area contributed by atoms with E-state index in [1.54, 1.807) is 6.07 Å². The van der Waals surface area contributed by atoms with Crippen LogP contribution >= 0.6 is 11.3 Å². The van der Waals surface area contributed by atoms with Gasteiger partial charge in [-0.1, -0.05) is 6.42 Å². The SMILES string of the molecule is CC(=O)[C@H]1CCCCN1S(=O)(=O)c1cnc2ccsc2c1. The normalized spacial score (nSPS) is 20.7. The molecule has 0 amide bonds. The molecule has 1 aliphatic rings. The minimum atomic E-state index is -3.67. The molecule has 0 radical (unpaired) electrons. The van der Waals surface area contributed by atoms with Gasteiger partial charge in [-0.25, -0.2) is 8.42 Å². The van der Waals surface area contributed by atoms with Crippen molar-refractivity contribution in [1.82, 2.24) is 9.29 Å². The van der Waals surface area contributed by atoms with Crippen molar-refractivity contribution in [1.29, 1.82) is 0 Å². The van der Waals surface area contributed by atoms with Crippen LogP contribution in [0.5, 0.6) is 0 Å². The summed E-state index contributed by atoms with van der Waals surface area (Å²) in [4.78, 5) is 16.1. The van der Waals surface area contributed by atoms with Crippen LogP contribution in [-0.4, -0.2) is 36.1 Å². The van der Waals surface area contributed by atoms with Crippen molar-refractivity contribution in [3.63, 3.8) is 0 Å². The molecule has 0 aromatic carbocycles. The van der Waals surface area contributed by atoms with E-state index in [1.807, 2.05) is 11.4 Å². The first kappa shape index (κ1) is 14.6. The van der Waals surface area contributed by atoms with Crippen molar-refractivity contribution in [3.8, 4) is 0 Å². The largest absolute Gasteiger partial charge is 0.298 e. The number of sulfonamides is 1. The number of Topliss-reactive ketones (excluding diaryl/α,β-unsaturated/α-hetero) is 1. The Morgan fingerprint density at radius 3 is 3.00 bits per heavy atom. The Morgan fingerprint density at radius 2 is 2.24 bits per heavy atom. The first-order valence-electron chi connectivity index (χ1n) is 6.86. The van der Waals surface area contributed by atoms with E-state index in [2.05, 4.69) is 4.98 Å². The van der Waals surface area contributed by atoms with Gasteiger partial charge in [0.2, 0.25) is 10.0 Å². The lowest BCUT2D eigenvalue weighted by atomic mass is 10.0. The second-order valence-corrected chi connectivity index (χ2v) is 8.05. The fraction of sp³-hybridized carbons (Fsp3) is 0.429. The number of fused-ring (bicyclic) bond motifs is 1. The van der Waals surface area contributed by atoms with E-state index >= 15 is 0 Å². The maximum absolute atomic E-state index is 12.8. The highest BCUT2D eigenvalue weighted by atomic mass is 32.2. The maximum Gasteiger partial charge on any atom is 0.245 e. The highest BCUT2D eigenvalue weighted by molar-refractivity contribution is 7.89. The first-order chi connectivity index (χ1) is 10.00. The van der Waals surface area contributed by atoms with Crippen LogP contribution in [0.4, 0.5) is 0 Å². The Hall–Kier alpha value is -1.31. The van der Waals surface area contributed by atoms with Crippen LogP contribution in [-0.2, 0) is 14.8 Å². The molecule has 2 aromatic rings. The van der Waals surface area contributed by atoms with Crippen LogP contribution in [0.2, 0.25) is 0 Å². The number of pyridine rings is 1. The average molecular weight is 324 g/mol. The predicted octanol–water partition coefficient (Wildman–Crippen LogP) is 2.43. The van der Waals surface area contributed by atoms with Crippen LogP contribution in [0.1, 0.15) is 26.2 Å². The number of carbonyl (C=O) groups excluding carboxylic acids is 1. The van der Waals surface area contributed by atoms with Gasteiger partial charge in [-0.15, -0.1) is 11.3 Å². The fourth-order valence-corrected chi connectivity index (χ4v) is 5.24. The molecule has 0 saturated carbocycles. The van der Waals surface area contributed by atoms with Gasteiger partial charge in [0.15, 0.2) is 0 Å². The van der Waals surface area contributed by atoms with E-state index < -0.39 is 16.1 Å². The van der Waals surface area contributed by atoms with Gasteiger partial charge in [0.05, 0.1) is 16.3 Å². The van der Waals surface area contributed by atoms with Gasteiger partial charge in [0, 0.05) is 12.7 Å². The zero-order valence-corrected chi connectivity index (χ0v) is 13.3. The van der Waals surface area contributed by atoms with Crippen molar-refractivity contribution in [3.05, 3.63) is 23.7 Å². The van der Waals surface area contributed by atoms with Gasteiger partial charge < -0.3 is 0 Å². The maximum atomic E-state index is 12.8. The number of rotatable bonds is 3. The van der Waals surface area contributed by atoms with Gasteiger partial charge in [0.25, 0.3) is 0 Å². The summed E-state index contributed by atoms with van der Waals surface area (Å²) in [6.07, 6.45) is 3.66. The average Bonchev–Trinajstić information content (AvgIpc) is 2.94. The zero-order valence-electron chi connectivity index (χ0n) is 11.7. The molecule has 1 saturated heterocycles. The molecule has 1 atom stereocenters. The van der Waals surface area contributed by atoms with Gasteiger partial charge in [0.1, 0.15) is 10.7 Å². The highest BCUT2D eigenvalue weighted by Crippen LogP contribution is 2.28. The number of ketones is 1. The molecule has 3 heterocycles. The summed E-state index contributed by atoms with van der Waals surface area (Å²) >= 11 is 1.46. The number of nitrogens with zero attached hydrogens (tertiary/aromatic N) is 2. The van der Waals surface area contributed by atoms with Crippen molar-refractivity contribution < 1.29 is 13.2 Å². The summed E-state index contributed by atoms with van der Waals surface area (Å²) < 4.78 is 27.8. The molecule has 0 bridgehead atoms. The van der Waals surface area contributed by atoms with Gasteiger partial charge in [-0.2, -0.15) is 4.31 Å². The molecule has 112 valence electrons. The van der Waals surface area contributed by atoms with Crippen molar-refractivity contribution in [2.45, 2.75) is 37.1 Å². The second kappa shape index (κ2) is 5.47. The number of hydrogen-bond donors (Lipinski definition) is 0. The Kier molecular flexibility index (Phi) is 3.81. The second-order valence-electron chi connectivity index (χ2n) is 5.21. The minimum Gasteiger partial charge on any atom is -0.298 e. The molecule has 1 fully saturated rings. The molecule has 21 heavy (non-hydrogen) atoms. The molecule has 0 spiro atoms. The van der Waals surface area contributed by atoms with E-state index in [0.29, 0.717) is 13.0 Å². The third-order valence-corrected chi connectivity index (χ3v) is 6.53. The molecule has 3 rings (SSSR count). The molecule has 2 aromatic heterocycles. The quantitative estimate of drug-likeness (QED) is 0.869. The molecule has 0 aliphatic carbocycles. The number of aromatic nitrogens is 1. The predicted molar refractivity (Wildman–Crippen MR) is 81.8 cm³/mol. The lowest BCUT2D eigenvalue weighted by Crippen LogP contribution is -2.47. The molecular weight excluding hydrogens is 308 g/mol. The summed E-state index contributed by atoms with van der Waals surface area (Å²) in [6, 6.07) is 2.96. The van der Waals surface area contributed by atoms with Crippen molar-refractivity contribution >= 4 is 37.4 Å². The van der Waals surface area contributed by atoms with Gasteiger partial charge in [-0.05, 0) is 37.3 Å². The topological polar surface area (TPSA) is 67.3 Å². The monoisotopic (exact) mass is 324 g/mol. The lowest BCUT2D eigenvalue weighted by molar-refractivity contribution is -0.121. The van der Waals surface area contributed by atoms with Crippen LogP contribution in [0.3, 0.4) is 0 Å². The van der Waals surface area contributed by atoms with E-state index in [4.69, 9.17) is 0 Å². The third kappa shape index (κ3) is 2.61. The Balaban J connectivity index is 2.03. The molecule has 1 aliphatic heterocycles. The number of hydrogen-bond acceptors (Lipinski definition) is 5. The summed E-state index contributed by atoms with van der Waals surface area (Å²) in [7, 11) is -3.67. The number of thiophene rings is 1. The van der Waals surface area contributed by atoms with Crippen LogP contribution in [0.25, 0.3) is 10.2 Å². The Morgan fingerprint density at radius 1 is 1.43 bits per heavy atom. The van der Waals surface area contributed by atoms with E-state index in [1.165, 1.54) is 28.8 Å². The first-order valence-corrected chi connectivity index (χ1v) is 9.17. The molecule has 0 unspecified atom stereocenters. The molecule has 0 N–H and O–H groups in total. The van der Waals surface area contributed by atoms with Crippen LogP contribution < -0.4 is 0 Å². The summed E-state index contributed by atoms with van der Waals surface area (Å²) in [5, 5.41) is 1.88. The summed E-state index contributed by atoms with van der Waals surface area (Å²) in [6.45, 7) is 1.86. The number of carbonyl (C=O) groups is 1. The fourth-order valence-electron chi connectivity index (χ4n) is 2.70. The summed E-state index contributed by atoms with van der Waals surface area (Å²) in [5.41, 5.74) is 0.792. The third-order valence-electron chi connectivity index (χ3n) is 3.81. The molecule has 5 nitrogen and oxygen atoms in total. The highest BCUT2D eigenvalue weighted by Gasteiger charge is 2.36. The van der Waals surface area contributed by atoms with Crippen LogP contribution in [0.15, 0.2) is 28.6 Å². The smallest absolute Gasteiger partial charge is 0.245 e. The Bertz CT molecular complexity index is 782. The molecular formula is C14H16N2O3S2. The molecule has 7 heteroatoms. The summed E-state index contributed by atoms with van der Waals surface area (Å²) in [5.74, 6) is -0.0940. The van der Waals surface area contributed by atoms with E-state index in [-0.39, 0.29) is 10.7 Å². The Labute approximate surface area is 127 Å². The zero-order chi connectivity index (χ0) is 15.0. The van der Waals surface area contributed by atoms with Crippen molar-refractivity contribution in [2.75, 3.05) is 6.54 Å². The van der Waals surface area contributed by atoms with Crippen LogP contribution in [0, 0.1) is 0 Å². The van der Waals surface area contributed by atoms with Crippen molar-refractivity contribution in [2.24, 2.45) is 0 Å².